The first kappa shape index (κ1) is 16.1. The van der Waals surface area contributed by atoms with Crippen LogP contribution in [-0.2, 0) is 0 Å². The van der Waals surface area contributed by atoms with E-state index in [0.29, 0.717) is 5.39 Å². The topological polar surface area (TPSA) is 23.6 Å². The fourth-order valence-electron chi connectivity index (χ4n) is 2.51. The molecule has 0 aliphatic rings. The SMILES string of the molecule is CN(C)c1cccc2ccc(C(=O)C(F)(F)F)c(N(C)C)c12. The van der Waals surface area contributed by atoms with E-state index in [1.807, 2.05) is 37.2 Å². The van der Waals surface area contributed by atoms with Gasteiger partial charge in [0.25, 0.3) is 5.78 Å². The van der Waals surface area contributed by atoms with Crippen molar-refractivity contribution in [2.24, 2.45) is 0 Å². The summed E-state index contributed by atoms with van der Waals surface area (Å²) in [6, 6.07) is 8.26. The van der Waals surface area contributed by atoms with Crippen LogP contribution in [0.15, 0.2) is 30.3 Å². The van der Waals surface area contributed by atoms with Crippen molar-refractivity contribution < 1.29 is 18.0 Å². The van der Waals surface area contributed by atoms with Gasteiger partial charge in [0.1, 0.15) is 0 Å². The minimum Gasteiger partial charge on any atom is -0.377 e. The van der Waals surface area contributed by atoms with Gasteiger partial charge in [-0.1, -0.05) is 18.2 Å². The van der Waals surface area contributed by atoms with Gasteiger partial charge in [-0.15, -0.1) is 0 Å². The summed E-state index contributed by atoms with van der Waals surface area (Å²) in [4.78, 5) is 15.1. The van der Waals surface area contributed by atoms with Crippen LogP contribution in [0.5, 0.6) is 0 Å². The molecule has 0 aliphatic heterocycles. The van der Waals surface area contributed by atoms with Crippen LogP contribution in [0.3, 0.4) is 0 Å². The summed E-state index contributed by atoms with van der Waals surface area (Å²) in [6.45, 7) is 0. The standard InChI is InChI=1S/C16H17F3N2O/c1-20(2)12-7-5-6-10-8-9-11(15(22)16(17,18)19)14(13(10)12)21(3)4/h5-9H,1-4H3. The summed E-state index contributed by atoms with van der Waals surface area (Å²) in [5.41, 5.74) is 0.710. The van der Waals surface area contributed by atoms with Crippen molar-refractivity contribution in [3.63, 3.8) is 0 Å². The minimum absolute atomic E-state index is 0.282. The summed E-state index contributed by atoms with van der Waals surface area (Å²) in [5.74, 6) is -1.83. The van der Waals surface area contributed by atoms with E-state index in [0.717, 1.165) is 11.1 Å². The van der Waals surface area contributed by atoms with Gasteiger partial charge in [-0.3, -0.25) is 4.79 Å². The van der Waals surface area contributed by atoms with Crippen molar-refractivity contribution in [3.05, 3.63) is 35.9 Å². The van der Waals surface area contributed by atoms with E-state index in [9.17, 15) is 18.0 Å². The molecule has 0 radical (unpaired) electrons. The molecule has 0 saturated carbocycles. The van der Waals surface area contributed by atoms with Crippen molar-refractivity contribution >= 4 is 27.9 Å². The molecule has 6 heteroatoms. The number of carbonyl (C=O) groups is 1. The Kier molecular flexibility index (Phi) is 4.04. The zero-order valence-corrected chi connectivity index (χ0v) is 12.8. The van der Waals surface area contributed by atoms with Gasteiger partial charge in [0.2, 0.25) is 0 Å². The van der Waals surface area contributed by atoms with Crippen molar-refractivity contribution in [2.45, 2.75) is 6.18 Å². The van der Waals surface area contributed by atoms with E-state index < -0.39 is 12.0 Å². The Balaban J connectivity index is 2.88. The van der Waals surface area contributed by atoms with Crippen LogP contribution in [0, 0.1) is 0 Å². The maximum atomic E-state index is 12.9. The van der Waals surface area contributed by atoms with Crippen LogP contribution >= 0.6 is 0 Å². The summed E-state index contributed by atoms with van der Waals surface area (Å²) >= 11 is 0. The Labute approximate surface area is 126 Å². The molecule has 0 aliphatic carbocycles. The van der Waals surface area contributed by atoms with Gasteiger partial charge in [-0.25, -0.2) is 0 Å². The second-order valence-electron chi connectivity index (χ2n) is 5.45. The molecule has 2 rings (SSSR count). The molecule has 0 fully saturated rings. The first-order chi connectivity index (χ1) is 10.1. The van der Waals surface area contributed by atoms with Crippen molar-refractivity contribution in [1.29, 1.82) is 0 Å². The molecule has 0 heterocycles. The number of Topliss-reactive ketones (excluding diaryl/α,β-unsaturated/α-hetero) is 1. The monoisotopic (exact) mass is 310 g/mol. The Hall–Kier alpha value is -2.24. The average molecular weight is 310 g/mol. The average Bonchev–Trinajstić information content (AvgIpc) is 2.43. The normalized spacial score (nSPS) is 11.6. The molecule has 0 atom stereocenters. The number of ketones is 1. The van der Waals surface area contributed by atoms with Crippen LogP contribution in [0.4, 0.5) is 24.5 Å². The Morgan fingerprint density at radius 2 is 1.59 bits per heavy atom. The molecule has 0 saturated heterocycles. The van der Waals surface area contributed by atoms with Gasteiger partial charge >= 0.3 is 6.18 Å². The number of nitrogens with zero attached hydrogens (tertiary/aromatic N) is 2. The molecule has 0 spiro atoms. The molecule has 0 bridgehead atoms. The Morgan fingerprint density at radius 1 is 0.955 bits per heavy atom. The lowest BCUT2D eigenvalue weighted by Gasteiger charge is -2.24. The number of hydrogen-bond acceptors (Lipinski definition) is 3. The highest BCUT2D eigenvalue weighted by atomic mass is 19.4. The van der Waals surface area contributed by atoms with Gasteiger partial charge < -0.3 is 9.80 Å². The lowest BCUT2D eigenvalue weighted by molar-refractivity contribution is -0.0884. The van der Waals surface area contributed by atoms with E-state index in [2.05, 4.69) is 0 Å². The van der Waals surface area contributed by atoms with Crippen LogP contribution in [0.2, 0.25) is 0 Å². The smallest absolute Gasteiger partial charge is 0.377 e. The number of carbonyl (C=O) groups excluding carboxylic acids is 1. The summed E-state index contributed by atoms with van der Waals surface area (Å²) in [5, 5.41) is 1.42. The maximum absolute atomic E-state index is 12.9. The number of benzene rings is 2. The van der Waals surface area contributed by atoms with Crippen molar-refractivity contribution in [2.75, 3.05) is 38.0 Å². The molecular weight excluding hydrogens is 293 g/mol. The van der Waals surface area contributed by atoms with Crippen LogP contribution in [0.1, 0.15) is 10.4 Å². The van der Waals surface area contributed by atoms with Gasteiger partial charge in [-0.2, -0.15) is 13.2 Å². The predicted molar refractivity (Wildman–Crippen MR) is 83.0 cm³/mol. The second kappa shape index (κ2) is 5.51. The lowest BCUT2D eigenvalue weighted by Crippen LogP contribution is -2.26. The number of anilines is 2. The molecular formula is C16H17F3N2O. The summed E-state index contributed by atoms with van der Waals surface area (Å²) in [6.07, 6.45) is -4.90. The molecule has 2 aromatic rings. The maximum Gasteiger partial charge on any atom is 0.454 e. The quantitative estimate of drug-likeness (QED) is 0.807. The number of rotatable bonds is 3. The fourth-order valence-corrected chi connectivity index (χ4v) is 2.51. The Bertz CT molecular complexity index is 721. The highest BCUT2D eigenvalue weighted by molar-refractivity contribution is 6.14. The third-order valence-corrected chi connectivity index (χ3v) is 3.43. The summed E-state index contributed by atoms with van der Waals surface area (Å²) < 4.78 is 38.6. The van der Waals surface area contributed by atoms with Crippen molar-refractivity contribution in [1.82, 2.24) is 0 Å². The van der Waals surface area contributed by atoms with Crippen molar-refractivity contribution in [3.8, 4) is 0 Å². The third-order valence-electron chi connectivity index (χ3n) is 3.43. The van der Waals surface area contributed by atoms with Gasteiger partial charge in [0, 0.05) is 39.3 Å². The highest BCUT2D eigenvalue weighted by Crippen LogP contribution is 2.38. The first-order valence-electron chi connectivity index (χ1n) is 6.66. The Morgan fingerprint density at radius 3 is 2.09 bits per heavy atom. The van der Waals surface area contributed by atoms with E-state index in [1.165, 1.54) is 6.07 Å². The molecule has 0 aromatic heterocycles. The predicted octanol–water partition coefficient (Wildman–Crippen LogP) is 3.72. The molecule has 3 nitrogen and oxygen atoms in total. The summed E-state index contributed by atoms with van der Waals surface area (Å²) in [7, 11) is 6.89. The van der Waals surface area contributed by atoms with E-state index in [4.69, 9.17) is 0 Å². The third kappa shape index (κ3) is 2.73. The zero-order chi connectivity index (χ0) is 16.7. The lowest BCUT2D eigenvalue weighted by atomic mass is 9.98. The first-order valence-corrected chi connectivity index (χ1v) is 6.66. The minimum atomic E-state index is -4.90. The molecule has 2 aromatic carbocycles. The van der Waals surface area contributed by atoms with E-state index >= 15 is 0 Å². The number of hydrogen-bond donors (Lipinski definition) is 0. The molecule has 0 N–H and O–H groups in total. The van der Waals surface area contributed by atoms with E-state index in [1.54, 1.807) is 25.1 Å². The van der Waals surface area contributed by atoms with Gasteiger partial charge in [0.15, 0.2) is 0 Å². The van der Waals surface area contributed by atoms with E-state index in [-0.39, 0.29) is 11.3 Å². The molecule has 0 unspecified atom stereocenters. The molecule has 22 heavy (non-hydrogen) atoms. The fraction of sp³-hybridized carbons (Fsp3) is 0.312. The van der Waals surface area contributed by atoms with Crippen LogP contribution in [0.25, 0.3) is 10.8 Å². The van der Waals surface area contributed by atoms with Gasteiger partial charge in [-0.05, 0) is 17.5 Å². The number of halogens is 3. The molecule has 118 valence electrons. The largest absolute Gasteiger partial charge is 0.454 e. The highest BCUT2D eigenvalue weighted by Gasteiger charge is 2.41. The number of alkyl halides is 3. The molecule has 0 amide bonds. The van der Waals surface area contributed by atoms with Gasteiger partial charge in [0.05, 0.1) is 11.3 Å². The number of fused-ring (bicyclic) bond motifs is 1. The van der Waals surface area contributed by atoms with Crippen LogP contribution < -0.4 is 9.80 Å². The van der Waals surface area contributed by atoms with Crippen LogP contribution in [-0.4, -0.2) is 40.2 Å². The second-order valence-corrected chi connectivity index (χ2v) is 5.45. The zero-order valence-electron chi connectivity index (χ0n) is 12.8.